The second-order valence-corrected chi connectivity index (χ2v) is 11.7. The highest BCUT2D eigenvalue weighted by Crippen LogP contribution is 2.38. The average Bonchev–Trinajstić information content (AvgIpc) is 2.90. The van der Waals surface area contributed by atoms with Gasteiger partial charge in [0.2, 0.25) is 0 Å². The second-order valence-electron chi connectivity index (χ2n) is 10.0. The van der Waals surface area contributed by atoms with Crippen LogP contribution in [0.25, 0.3) is 0 Å². The summed E-state index contributed by atoms with van der Waals surface area (Å²) in [6, 6.07) is 21.6. The number of sulfonamides is 1. The lowest BCUT2D eigenvalue weighted by Crippen LogP contribution is -2.40. The lowest BCUT2D eigenvalue weighted by Gasteiger charge is -2.37. The molecule has 3 aromatic carbocycles. The highest BCUT2D eigenvalue weighted by molar-refractivity contribution is 7.92. The van der Waals surface area contributed by atoms with E-state index in [0.717, 1.165) is 30.5 Å². The van der Waals surface area contributed by atoms with Crippen LogP contribution in [-0.4, -0.2) is 25.1 Å². The molecule has 4 rings (SSSR count). The Hall–Kier alpha value is -3.65. The summed E-state index contributed by atoms with van der Waals surface area (Å²) in [6.07, 6.45) is 4.76. The van der Waals surface area contributed by atoms with Gasteiger partial charge in [-0.2, -0.15) is 0 Å². The molecule has 0 bridgehead atoms. The first-order valence-corrected chi connectivity index (χ1v) is 14.7. The summed E-state index contributed by atoms with van der Waals surface area (Å²) in [5.41, 5.74) is 2.04. The molecule has 8 heteroatoms. The molecule has 1 unspecified atom stereocenters. The van der Waals surface area contributed by atoms with Crippen molar-refractivity contribution >= 4 is 21.7 Å². The molecule has 0 saturated heterocycles. The van der Waals surface area contributed by atoms with Gasteiger partial charge < -0.3 is 9.84 Å². The van der Waals surface area contributed by atoms with Crippen molar-refractivity contribution in [3.05, 3.63) is 107 Å². The number of halogens is 1. The molecule has 2 N–H and O–H groups in total. The Bertz CT molecular complexity index is 1420. The van der Waals surface area contributed by atoms with Crippen LogP contribution in [0, 0.1) is 5.82 Å². The molecule has 0 amide bonds. The molecule has 6 nitrogen and oxygen atoms in total. The van der Waals surface area contributed by atoms with Gasteiger partial charge in [-0.15, -0.1) is 0 Å². The Kier molecular flexibility index (Phi) is 9.07. The zero-order chi connectivity index (χ0) is 27.9. The van der Waals surface area contributed by atoms with Gasteiger partial charge >= 0.3 is 5.97 Å². The number of cyclic esters (lactones) is 1. The van der Waals surface area contributed by atoms with Crippen molar-refractivity contribution < 1.29 is 27.4 Å². The van der Waals surface area contributed by atoms with Gasteiger partial charge in [-0.25, -0.2) is 17.6 Å². The third kappa shape index (κ3) is 7.47. The number of carbonyl (C=O) groups excluding carboxylic acids is 1. The summed E-state index contributed by atoms with van der Waals surface area (Å²) >= 11 is 0. The molecule has 0 radical (unpaired) electrons. The SMILES string of the molecule is CCCC1(CCc2ccccc2)CC(O)=C(CCCc2cccc(NS(=O)(=O)c3ccc(F)cc3)c2)C(=O)O1. The lowest BCUT2D eigenvalue weighted by atomic mass is 9.83. The maximum atomic E-state index is 13.2. The van der Waals surface area contributed by atoms with Gasteiger partial charge in [-0.1, -0.05) is 55.8 Å². The minimum Gasteiger partial charge on any atom is -0.512 e. The Morgan fingerprint density at radius 3 is 2.33 bits per heavy atom. The van der Waals surface area contributed by atoms with E-state index >= 15 is 0 Å². The van der Waals surface area contributed by atoms with Crippen molar-refractivity contribution in [2.45, 2.75) is 68.8 Å². The molecule has 0 aliphatic carbocycles. The van der Waals surface area contributed by atoms with Crippen molar-refractivity contribution in [2.24, 2.45) is 0 Å². The van der Waals surface area contributed by atoms with Crippen molar-refractivity contribution in [2.75, 3.05) is 4.72 Å². The number of anilines is 1. The molecular formula is C31H34FNO5S. The minimum absolute atomic E-state index is 0.0320. The molecule has 206 valence electrons. The molecule has 39 heavy (non-hydrogen) atoms. The van der Waals surface area contributed by atoms with Gasteiger partial charge in [0.05, 0.1) is 10.5 Å². The summed E-state index contributed by atoms with van der Waals surface area (Å²) < 4.78 is 46.9. The van der Waals surface area contributed by atoms with Crippen LogP contribution in [0.4, 0.5) is 10.1 Å². The van der Waals surface area contributed by atoms with Crippen LogP contribution in [0.15, 0.2) is 95.1 Å². The lowest BCUT2D eigenvalue weighted by molar-refractivity contribution is -0.161. The highest BCUT2D eigenvalue weighted by atomic mass is 32.2. The first-order valence-electron chi connectivity index (χ1n) is 13.3. The average molecular weight is 552 g/mol. The quantitative estimate of drug-likeness (QED) is 0.239. The van der Waals surface area contributed by atoms with E-state index in [1.807, 2.05) is 43.3 Å². The number of rotatable bonds is 12. The molecule has 1 aliphatic rings. The smallest absolute Gasteiger partial charge is 0.337 e. The van der Waals surface area contributed by atoms with Crippen LogP contribution in [-0.2, 0) is 32.4 Å². The Morgan fingerprint density at radius 1 is 0.923 bits per heavy atom. The monoisotopic (exact) mass is 551 g/mol. The third-order valence-corrected chi connectivity index (χ3v) is 8.40. The van der Waals surface area contributed by atoms with Crippen LogP contribution < -0.4 is 4.72 Å². The van der Waals surface area contributed by atoms with Crippen molar-refractivity contribution in [1.82, 2.24) is 0 Å². The fourth-order valence-electron chi connectivity index (χ4n) is 5.03. The van der Waals surface area contributed by atoms with Gasteiger partial charge in [-0.3, -0.25) is 4.72 Å². The Balaban J connectivity index is 1.37. The van der Waals surface area contributed by atoms with Crippen LogP contribution in [0.1, 0.15) is 56.6 Å². The summed E-state index contributed by atoms with van der Waals surface area (Å²) in [5, 5.41) is 10.9. The molecular weight excluding hydrogens is 517 g/mol. The number of hydrogen-bond donors (Lipinski definition) is 2. The first-order chi connectivity index (χ1) is 18.7. The van der Waals surface area contributed by atoms with Crippen molar-refractivity contribution in [3.8, 4) is 0 Å². The van der Waals surface area contributed by atoms with Crippen LogP contribution >= 0.6 is 0 Å². The molecule has 0 spiro atoms. The molecule has 1 atom stereocenters. The van der Waals surface area contributed by atoms with Crippen LogP contribution in [0.2, 0.25) is 0 Å². The molecule has 0 saturated carbocycles. The summed E-state index contributed by atoms with van der Waals surface area (Å²) in [7, 11) is -3.86. The summed E-state index contributed by atoms with van der Waals surface area (Å²) in [5.74, 6) is -0.864. The Labute approximate surface area is 229 Å². The van der Waals surface area contributed by atoms with E-state index in [1.165, 1.54) is 17.7 Å². The number of hydrogen-bond acceptors (Lipinski definition) is 5. The topological polar surface area (TPSA) is 92.7 Å². The van der Waals surface area contributed by atoms with E-state index in [9.17, 15) is 22.7 Å². The van der Waals surface area contributed by atoms with Gasteiger partial charge in [0, 0.05) is 12.1 Å². The van der Waals surface area contributed by atoms with Gasteiger partial charge in [0.25, 0.3) is 10.0 Å². The fourth-order valence-corrected chi connectivity index (χ4v) is 6.08. The summed E-state index contributed by atoms with van der Waals surface area (Å²) in [4.78, 5) is 12.9. The predicted octanol–water partition coefficient (Wildman–Crippen LogP) is 6.88. The number of aliphatic hydroxyl groups excluding tert-OH is 1. The van der Waals surface area contributed by atoms with E-state index in [4.69, 9.17) is 4.74 Å². The molecule has 0 fully saturated rings. The molecule has 3 aromatic rings. The number of ether oxygens (including phenoxy) is 1. The number of aryl methyl sites for hydroxylation is 2. The zero-order valence-electron chi connectivity index (χ0n) is 22.0. The highest BCUT2D eigenvalue weighted by Gasteiger charge is 2.40. The predicted molar refractivity (Wildman–Crippen MR) is 149 cm³/mol. The van der Waals surface area contributed by atoms with E-state index in [2.05, 4.69) is 4.72 Å². The Morgan fingerprint density at radius 2 is 1.64 bits per heavy atom. The van der Waals surface area contributed by atoms with Crippen LogP contribution in [0.5, 0.6) is 0 Å². The van der Waals surface area contributed by atoms with E-state index < -0.39 is 27.4 Å². The van der Waals surface area contributed by atoms with Crippen molar-refractivity contribution in [3.63, 3.8) is 0 Å². The molecule has 1 heterocycles. The normalized spacial score (nSPS) is 17.6. The van der Waals surface area contributed by atoms with Gasteiger partial charge in [0.15, 0.2) is 0 Å². The van der Waals surface area contributed by atoms with E-state index in [-0.39, 0.29) is 10.7 Å². The first kappa shape index (κ1) is 28.4. The van der Waals surface area contributed by atoms with Crippen molar-refractivity contribution in [1.29, 1.82) is 0 Å². The standard InChI is InChI=1S/C31H34FNO5S/c1-2-19-31(20-18-23-8-4-3-5-9-23)22-29(34)28(30(35)38-31)13-7-11-24-10-6-12-26(21-24)33-39(36,37)27-16-14-25(32)15-17-27/h3-6,8-10,12,14-17,21,33-34H,2,7,11,13,18-20,22H2,1H3. The van der Waals surface area contributed by atoms with Gasteiger partial charge in [-0.05, 0) is 86.1 Å². The number of esters is 1. The molecule has 1 aliphatic heterocycles. The minimum atomic E-state index is -3.86. The summed E-state index contributed by atoms with van der Waals surface area (Å²) in [6.45, 7) is 2.04. The number of benzene rings is 3. The molecule has 0 aromatic heterocycles. The zero-order valence-corrected chi connectivity index (χ0v) is 22.8. The van der Waals surface area contributed by atoms with Gasteiger partial charge in [0.1, 0.15) is 17.2 Å². The van der Waals surface area contributed by atoms with E-state index in [0.29, 0.717) is 49.8 Å². The number of nitrogens with one attached hydrogen (secondary N) is 1. The van der Waals surface area contributed by atoms with E-state index in [1.54, 1.807) is 18.2 Å². The largest absolute Gasteiger partial charge is 0.512 e. The third-order valence-electron chi connectivity index (χ3n) is 7.01. The van der Waals surface area contributed by atoms with Crippen LogP contribution in [0.3, 0.4) is 0 Å². The maximum absolute atomic E-state index is 13.2. The second kappa shape index (κ2) is 12.5. The number of aliphatic hydroxyl groups is 1. The fraction of sp³-hybridized carbons (Fsp3) is 0.323. The number of carbonyl (C=O) groups is 1. The maximum Gasteiger partial charge on any atom is 0.337 e.